The minimum absolute atomic E-state index is 0.0144. The first-order valence-electron chi connectivity index (χ1n) is 8.83. The zero-order valence-electron chi connectivity index (χ0n) is 16.0. The van der Waals surface area contributed by atoms with Crippen molar-refractivity contribution in [2.45, 2.75) is 32.6 Å². The lowest BCUT2D eigenvalue weighted by molar-refractivity contribution is -0.119. The Hall–Kier alpha value is -3.45. The third kappa shape index (κ3) is 3.39. The SMILES string of the molecule is COc1cc(C2C(C#N)=C(N)OC3=C2C(=O)CC(C)(C)C3)ccc1OCC#N. The zero-order chi connectivity index (χ0) is 20.5. The first-order valence-corrected chi connectivity index (χ1v) is 8.83. The molecule has 0 fully saturated rings. The lowest BCUT2D eigenvalue weighted by Gasteiger charge is -2.37. The fourth-order valence-corrected chi connectivity index (χ4v) is 3.71. The Balaban J connectivity index is 2.13. The Kier molecular flexibility index (Phi) is 5.02. The van der Waals surface area contributed by atoms with Gasteiger partial charge in [-0.2, -0.15) is 10.5 Å². The van der Waals surface area contributed by atoms with Crippen LogP contribution in [0, 0.1) is 28.1 Å². The summed E-state index contributed by atoms with van der Waals surface area (Å²) in [5, 5.41) is 18.4. The Bertz CT molecular complexity index is 976. The number of ketones is 1. The zero-order valence-corrected chi connectivity index (χ0v) is 16.0. The molecule has 1 unspecified atom stereocenters. The first kappa shape index (κ1) is 19.3. The van der Waals surface area contributed by atoms with Crippen molar-refractivity contribution < 1.29 is 19.0 Å². The summed E-state index contributed by atoms with van der Waals surface area (Å²) >= 11 is 0. The Labute approximate surface area is 163 Å². The van der Waals surface area contributed by atoms with E-state index in [0.717, 1.165) is 0 Å². The standard InChI is InChI=1S/C21H21N3O4/c1-21(2)9-14(25)19-17(10-21)28-20(24)13(11-23)18(19)12-4-5-15(27-7-6-22)16(8-12)26-3/h4-5,8,18H,7,9-10,24H2,1-3H3. The Morgan fingerprint density at radius 1 is 1.29 bits per heavy atom. The summed E-state index contributed by atoms with van der Waals surface area (Å²) in [6.07, 6.45) is 0.926. The van der Waals surface area contributed by atoms with Gasteiger partial charge in [0, 0.05) is 18.4 Å². The maximum Gasteiger partial charge on any atom is 0.205 e. The van der Waals surface area contributed by atoms with Gasteiger partial charge in [0.1, 0.15) is 23.5 Å². The van der Waals surface area contributed by atoms with Crippen molar-refractivity contribution in [2.75, 3.05) is 13.7 Å². The molecule has 2 aliphatic rings. The Morgan fingerprint density at radius 3 is 2.68 bits per heavy atom. The number of Topliss-reactive ketones (excluding diaryl/α,β-unsaturated/α-hetero) is 1. The third-order valence-corrected chi connectivity index (χ3v) is 4.89. The van der Waals surface area contributed by atoms with Crippen molar-refractivity contribution in [3.05, 3.63) is 46.6 Å². The summed E-state index contributed by atoms with van der Waals surface area (Å²) in [4.78, 5) is 13.0. The number of methoxy groups -OCH3 is 1. The maximum atomic E-state index is 13.0. The Morgan fingerprint density at radius 2 is 2.04 bits per heavy atom. The molecule has 28 heavy (non-hydrogen) atoms. The lowest BCUT2D eigenvalue weighted by atomic mass is 9.70. The van der Waals surface area contributed by atoms with E-state index in [0.29, 0.717) is 41.2 Å². The van der Waals surface area contributed by atoms with Gasteiger partial charge in [-0.1, -0.05) is 19.9 Å². The van der Waals surface area contributed by atoms with Crippen molar-refractivity contribution in [3.63, 3.8) is 0 Å². The predicted molar refractivity (Wildman–Crippen MR) is 99.8 cm³/mol. The topological polar surface area (TPSA) is 118 Å². The molecule has 0 radical (unpaired) electrons. The van der Waals surface area contributed by atoms with Crippen LogP contribution >= 0.6 is 0 Å². The van der Waals surface area contributed by atoms with Crippen molar-refractivity contribution >= 4 is 5.78 Å². The number of benzene rings is 1. The minimum atomic E-state index is -0.628. The van der Waals surface area contributed by atoms with E-state index in [4.69, 9.17) is 25.2 Å². The van der Waals surface area contributed by atoms with Crippen molar-refractivity contribution in [3.8, 4) is 23.6 Å². The largest absolute Gasteiger partial charge is 0.493 e. The van der Waals surface area contributed by atoms with Crippen LogP contribution in [0.5, 0.6) is 11.5 Å². The second-order valence-corrected chi connectivity index (χ2v) is 7.56. The predicted octanol–water partition coefficient (Wildman–Crippen LogP) is 3.05. The van der Waals surface area contributed by atoms with Gasteiger partial charge in [0.25, 0.3) is 0 Å². The highest BCUT2D eigenvalue weighted by Crippen LogP contribution is 2.48. The summed E-state index contributed by atoms with van der Waals surface area (Å²) in [5.41, 5.74) is 7.12. The number of carbonyl (C=O) groups excluding carboxylic acids is 1. The molecule has 1 aliphatic heterocycles. The van der Waals surface area contributed by atoms with E-state index < -0.39 is 5.92 Å². The van der Waals surface area contributed by atoms with Gasteiger partial charge >= 0.3 is 0 Å². The molecule has 1 aromatic rings. The van der Waals surface area contributed by atoms with E-state index in [1.807, 2.05) is 19.9 Å². The van der Waals surface area contributed by atoms with Crippen molar-refractivity contribution in [1.82, 2.24) is 0 Å². The highest BCUT2D eigenvalue weighted by atomic mass is 16.5. The van der Waals surface area contributed by atoms with Gasteiger partial charge in [0.05, 0.1) is 13.0 Å². The minimum Gasteiger partial charge on any atom is -0.493 e. The molecule has 0 spiro atoms. The van der Waals surface area contributed by atoms with Crippen LogP contribution in [-0.4, -0.2) is 19.5 Å². The summed E-state index contributed by atoms with van der Waals surface area (Å²) in [5.74, 6) is 0.657. The monoisotopic (exact) mass is 379 g/mol. The van der Waals surface area contributed by atoms with Crippen LogP contribution in [0.1, 0.15) is 38.2 Å². The van der Waals surface area contributed by atoms with Gasteiger partial charge in [0.2, 0.25) is 5.88 Å². The number of ether oxygens (including phenoxy) is 3. The molecule has 2 N–H and O–H groups in total. The summed E-state index contributed by atoms with van der Waals surface area (Å²) in [6.45, 7) is 3.88. The van der Waals surface area contributed by atoms with Crippen LogP contribution in [0.15, 0.2) is 41.0 Å². The van der Waals surface area contributed by atoms with Crippen molar-refractivity contribution in [1.29, 1.82) is 10.5 Å². The van der Waals surface area contributed by atoms with Crippen LogP contribution in [0.4, 0.5) is 0 Å². The summed E-state index contributed by atoms with van der Waals surface area (Å²) < 4.78 is 16.4. The number of nitrogens with two attached hydrogens (primary N) is 1. The molecule has 7 nitrogen and oxygen atoms in total. The van der Waals surface area contributed by atoms with E-state index in [1.54, 1.807) is 18.2 Å². The highest BCUT2D eigenvalue weighted by molar-refractivity contribution is 6.00. The molecule has 0 bridgehead atoms. The fraction of sp³-hybridized carbons (Fsp3) is 0.381. The lowest BCUT2D eigenvalue weighted by Crippen LogP contribution is -2.33. The van der Waals surface area contributed by atoms with Crippen LogP contribution < -0.4 is 15.2 Å². The van der Waals surface area contributed by atoms with E-state index in [-0.39, 0.29) is 29.3 Å². The van der Waals surface area contributed by atoms with E-state index >= 15 is 0 Å². The molecule has 0 saturated heterocycles. The van der Waals surface area contributed by atoms with E-state index in [9.17, 15) is 10.1 Å². The maximum absolute atomic E-state index is 13.0. The molecule has 1 heterocycles. The average Bonchev–Trinajstić information content (AvgIpc) is 2.64. The van der Waals surface area contributed by atoms with Gasteiger partial charge < -0.3 is 19.9 Å². The van der Waals surface area contributed by atoms with Gasteiger partial charge in [0.15, 0.2) is 23.9 Å². The number of allylic oxidation sites excluding steroid dienone is 3. The molecular formula is C21H21N3O4. The van der Waals surface area contributed by atoms with Crippen molar-refractivity contribution in [2.24, 2.45) is 11.1 Å². The molecule has 0 amide bonds. The number of hydrogen-bond acceptors (Lipinski definition) is 7. The van der Waals surface area contributed by atoms with Crippen LogP contribution in [0.25, 0.3) is 0 Å². The first-order chi connectivity index (χ1) is 13.3. The summed E-state index contributed by atoms with van der Waals surface area (Å²) in [6, 6.07) is 9.10. The molecule has 3 rings (SSSR count). The quantitative estimate of drug-likeness (QED) is 0.854. The molecule has 1 aromatic carbocycles. The van der Waals surface area contributed by atoms with Gasteiger partial charge in [-0.15, -0.1) is 0 Å². The molecule has 0 aromatic heterocycles. The normalized spacial score (nSPS) is 20.6. The van der Waals surface area contributed by atoms with Crippen LogP contribution in [0.2, 0.25) is 0 Å². The second-order valence-electron chi connectivity index (χ2n) is 7.56. The summed E-state index contributed by atoms with van der Waals surface area (Å²) in [7, 11) is 1.48. The molecule has 1 aliphatic carbocycles. The number of carbonyl (C=O) groups is 1. The van der Waals surface area contributed by atoms with Gasteiger partial charge in [-0.05, 0) is 23.1 Å². The smallest absolute Gasteiger partial charge is 0.205 e. The van der Waals surface area contributed by atoms with E-state index in [1.165, 1.54) is 7.11 Å². The fourth-order valence-electron chi connectivity index (χ4n) is 3.71. The second kappa shape index (κ2) is 7.28. The molecule has 7 heteroatoms. The van der Waals surface area contributed by atoms with Gasteiger partial charge in [-0.25, -0.2) is 0 Å². The van der Waals surface area contributed by atoms with Crippen LogP contribution in [0.3, 0.4) is 0 Å². The third-order valence-electron chi connectivity index (χ3n) is 4.89. The van der Waals surface area contributed by atoms with Crippen LogP contribution in [-0.2, 0) is 9.53 Å². The molecular weight excluding hydrogens is 358 g/mol. The number of hydrogen-bond donors (Lipinski definition) is 1. The molecule has 1 atom stereocenters. The van der Waals surface area contributed by atoms with Gasteiger partial charge in [-0.3, -0.25) is 4.79 Å². The average molecular weight is 379 g/mol. The molecule has 144 valence electrons. The van der Waals surface area contributed by atoms with E-state index in [2.05, 4.69) is 6.07 Å². The number of nitriles is 2. The highest BCUT2D eigenvalue weighted by Gasteiger charge is 2.43. The number of nitrogens with zero attached hydrogens (tertiary/aromatic N) is 2. The number of rotatable bonds is 4. The molecule has 0 saturated carbocycles.